The fraction of sp³-hybridized carbons (Fsp3) is 0.278. The van der Waals surface area contributed by atoms with Gasteiger partial charge in [-0.25, -0.2) is 0 Å². The summed E-state index contributed by atoms with van der Waals surface area (Å²) >= 11 is 0. The van der Waals surface area contributed by atoms with Crippen molar-refractivity contribution in [1.82, 2.24) is 10.3 Å². The number of benzene rings is 1. The average molecular weight is 266 g/mol. The van der Waals surface area contributed by atoms with Crippen LogP contribution in [0.15, 0.2) is 49.2 Å². The fourth-order valence-corrected chi connectivity index (χ4v) is 2.14. The molecular formula is C18H22N2. The molecule has 1 N–H and O–H groups in total. The quantitative estimate of drug-likeness (QED) is 0.828. The third kappa shape index (κ3) is 4.32. The fourth-order valence-electron chi connectivity index (χ4n) is 2.14. The second-order valence-electron chi connectivity index (χ2n) is 4.88. The van der Waals surface area contributed by atoms with E-state index in [-0.39, 0.29) is 0 Å². The zero-order chi connectivity index (χ0) is 14.2. The van der Waals surface area contributed by atoms with E-state index in [1.165, 1.54) is 16.7 Å². The third-order valence-electron chi connectivity index (χ3n) is 3.35. The molecule has 2 rings (SSSR count). The maximum absolute atomic E-state index is 4.45. The second-order valence-corrected chi connectivity index (χ2v) is 4.88. The Balaban J connectivity index is 1.93. The second kappa shape index (κ2) is 7.61. The highest BCUT2D eigenvalue weighted by atomic mass is 14.8. The van der Waals surface area contributed by atoms with Crippen LogP contribution < -0.4 is 5.32 Å². The van der Waals surface area contributed by atoms with Crippen molar-refractivity contribution in [3.05, 3.63) is 71.6 Å². The summed E-state index contributed by atoms with van der Waals surface area (Å²) in [6.45, 7) is 7.80. The molecule has 0 bridgehead atoms. The Morgan fingerprint density at radius 3 is 2.60 bits per heavy atom. The van der Waals surface area contributed by atoms with Crippen LogP contribution in [-0.4, -0.2) is 11.5 Å². The first-order valence-corrected chi connectivity index (χ1v) is 7.17. The number of hydrogen-bond acceptors (Lipinski definition) is 2. The van der Waals surface area contributed by atoms with Crippen LogP contribution in [0.25, 0.3) is 6.08 Å². The van der Waals surface area contributed by atoms with E-state index in [1.807, 2.05) is 12.3 Å². The van der Waals surface area contributed by atoms with Crippen molar-refractivity contribution in [3.63, 3.8) is 0 Å². The van der Waals surface area contributed by atoms with E-state index in [1.54, 1.807) is 0 Å². The largest absolute Gasteiger partial charge is 0.313 e. The van der Waals surface area contributed by atoms with Gasteiger partial charge in [0.2, 0.25) is 0 Å². The van der Waals surface area contributed by atoms with Gasteiger partial charge in [-0.15, -0.1) is 0 Å². The smallest absolute Gasteiger partial charge is 0.0410 e. The van der Waals surface area contributed by atoms with E-state index in [2.05, 4.69) is 60.2 Å². The van der Waals surface area contributed by atoms with E-state index in [0.717, 1.165) is 31.6 Å². The number of nitrogens with one attached hydrogen (secondary N) is 1. The van der Waals surface area contributed by atoms with Gasteiger partial charge in [0.05, 0.1) is 0 Å². The summed E-state index contributed by atoms with van der Waals surface area (Å²) in [7, 11) is 0. The summed E-state index contributed by atoms with van der Waals surface area (Å²) in [6, 6.07) is 12.8. The van der Waals surface area contributed by atoms with Crippen molar-refractivity contribution in [2.45, 2.75) is 26.3 Å². The monoisotopic (exact) mass is 266 g/mol. The molecule has 0 saturated heterocycles. The Morgan fingerprint density at radius 1 is 1.10 bits per heavy atom. The lowest BCUT2D eigenvalue weighted by molar-refractivity contribution is 0.723. The molecule has 0 aliphatic carbocycles. The minimum absolute atomic E-state index is 0.917. The van der Waals surface area contributed by atoms with E-state index in [9.17, 15) is 0 Å². The van der Waals surface area contributed by atoms with Gasteiger partial charge in [-0.3, -0.25) is 4.98 Å². The van der Waals surface area contributed by atoms with Gasteiger partial charge < -0.3 is 5.32 Å². The summed E-state index contributed by atoms with van der Waals surface area (Å²) in [5.74, 6) is 0. The van der Waals surface area contributed by atoms with E-state index in [4.69, 9.17) is 0 Å². The van der Waals surface area contributed by atoms with Crippen LogP contribution in [0.4, 0.5) is 0 Å². The van der Waals surface area contributed by atoms with Gasteiger partial charge >= 0.3 is 0 Å². The Labute approximate surface area is 121 Å². The maximum atomic E-state index is 4.45. The number of nitrogens with zero attached hydrogens (tertiary/aromatic N) is 1. The summed E-state index contributed by atoms with van der Waals surface area (Å²) in [5.41, 5.74) is 4.97. The molecule has 2 heteroatoms. The number of aryl methyl sites for hydroxylation is 2. The lowest BCUT2D eigenvalue weighted by Crippen LogP contribution is -2.12. The van der Waals surface area contributed by atoms with Crippen LogP contribution in [0.5, 0.6) is 0 Å². The summed E-state index contributed by atoms with van der Waals surface area (Å²) < 4.78 is 0. The highest BCUT2D eigenvalue weighted by Crippen LogP contribution is 2.10. The Bertz CT molecular complexity index is 544. The first-order chi connectivity index (χ1) is 9.81. The minimum Gasteiger partial charge on any atom is -0.313 e. The van der Waals surface area contributed by atoms with Gasteiger partial charge in [-0.05, 0) is 48.2 Å². The predicted octanol–water partition coefficient (Wildman–Crippen LogP) is 3.62. The molecule has 0 aliphatic heterocycles. The third-order valence-corrected chi connectivity index (χ3v) is 3.35. The molecule has 1 aromatic carbocycles. The van der Waals surface area contributed by atoms with Crippen molar-refractivity contribution >= 4 is 6.08 Å². The van der Waals surface area contributed by atoms with Crippen molar-refractivity contribution in [2.24, 2.45) is 0 Å². The highest BCUT2D eigenvalue weighted by Gasteiger charge is 1.99. The molecule has 104 valence electrons. The van der Waals surface area contributed by atoms with E-state index < -0.39 is 0 Å². The van der Waals surface area contributed by atoms with Crippen LogP contribution in [0.1, 0.15) is 29.3 Å². The lowest BCUT2D eigenvalue weighted by atomic mass is 10.0. The molecule has 0 spiro atoms. The lowest BCUT2D eigenvalue weighted by Gasteiger charge is -2.06. The van der Waals surface area contributed by atoms with Gasteiger partial charge in [-0.1, -0.05) is 43.8 Å². The zero-order valence-corrected chi connectivity index (χ0v) is 12.1. The van der Waals surface area contributed by atoms with Crippen LogP contribution in [0, 0.1) is 0 Å². The molecule has 0 saturated carbocycles. The molecule has 1 aromatic heterocycles. The first kappa shape index (κ1) is 14.5. The standard InChI is InChI=1S/C18H22N2/c1-3-15-5-7-16(8-6-15)9-10-18-13-17(11-12-20-18)14-19-4-2/h3,5-8,11-13,19H,1,4,9-10,14H2,2H3. The molecule has 1 heterocycles. The zero-order valence-electron chi connectivity index (χ0n) is 12.1. The molecule has 0 fully saturated rings. The summed E-state index contributed by atoms with van der Waals surface area (Å²) in [6.07, 6.45) is 5.78. The summed E-state index contributed by atoms with van der Waals surface area (Å²) in [4.78, 5) is 4.45. The Morgan fingerprint density at radius 2 is 1.90 bits per heavy atom. The molecule has 0 amide bonds. The molecule has 0 radical (unpaired) electrons. The maximum Gasteiger partial charge on any atom is 0.0410 e. The van der Waals surface area contributed by atoms with E-state index >= 15 is 0 Å². The number of aromatic nitrogens is 1. The molecule has 0 aliphatic rings. The van der Waals surface area contributed by atoms with Crippen LogP contribution in [0.2, 0.25) is 0 Å². The predicted molar refractivity (Wildman–Crippen MR) is 85.6 cm³/mol. The molecular weight excluding hydrogens is 244 g/mol. The summed E-state index contributed by atoms with van der Waals surface area (Å²) in [5, 5.41) is 3.34. The Kier molecular flexibility index (Phi) is 5.51. The Hall–Kier alpha value is -1.93. The highest BCUT2D eigenvalue weighted by molar-refractivity contribution is 5.47. The van der Waals surface area contributed by atoms with Gasteiger partial charge in [0, 0.05) is 18.4 Å². The number of rotatable bonds is 7. The van der Waals surface area contributed by atoms with Crippen LogP contribution in [-0.2, 0) is 19.4 Å². The van der Waals surface area contributed by atoms with Gasteiger partial charge in [-0.2, -0.15) is 0 Å². The van der Waals surface area contributed by atoms with Crippen LogP contribution >= 0.6 is 0 Å². The minimum atomic E-state index is 0.917. The molecule has 0 unspecified atom stereocenters. The molecule has 2 nitrogen and oxygen atoms in total. The van der Waals surface area contributed by atoms with Gasteiger partial charge in [0.1, 0.15) is 0 Å². The average Bonchev–Trinajstić information content (AvgIpc) is 2.52. The van der Waals surface area contributed by atoms with Crippen molar-refractivity contribution in [3.8, 4) is 0 Å². The topological polar surface area (TPSA) is 24.9 Å². The normalized spacial score (nSPS) is 10.4. The molecule has 2 aromatic rings. The van der Waals surface area contributed by atoms with Crippen molar-refractivity contribution in [2.75, 3.05) is 6.54 Å². The van der Waals surface area contributed by atoms with E-state index in [0.29, 0.717) is 0 Å². The molecule has 20 heavy (non-hydrogen) atoms. The SMILES string of the molecule is C=Cc1ccc(CCc2cc(CNCC)ccn2)cc1. The van der Waals surface area contributed by atoms with Crippen LogP contribution in [0.3, 0.4) is 0 Å². The van der Waals surface area contributed by atoms with Crippen molar-refractivity contribution in [1.29, 1.82) is 0 Å². The first-order valence-electron chi connectivity index (χ1n) is 7.17. The van der Waals surface area contributed by atoms with Crippen molar-refractivity contribution < 1.29 is 0 Å². The number of hydrogen-bond donors (Lipinski definition) is 1. The molecule has 0 atom stereocenters. The van der Waals surface area contributed by atoms with Gasteiger partial charge in [0.15, 0.2) is 0 Å². The number of pyridine rings is 1. The van der Waals surface area contributed by atoms with Gasteiger partial charge in [0.25, 0.3) is 0 Å².